The van der Waals surface area contributed by atoms with Crippen LogP contribution in [0.2, 0.25) is 0 Å². The molecule has 2 nitrogen and oxygen atoms in total. The van der Waals surface area contributed by atoms with Crippen molar-refractivity contribution < 1.29 is 0 Å². The van der Waals surface area contributed by atoms with Crippen LogP contribution in [0.5, 0.6) is 0 Å². The molecule has 0 atom stereocenters. The van der Waals surface area contributed by atoms with Crippen LogP contribution in [0.4, 0.5) is 0 Å². The van der Waals surface area contributed by atoms with Crippen molar-refractivity contribution in [1.82, 2.24) is 9.80 Å². The maximum Gasteiger partial charge on any atom is 0.0110 e. The van der Waals surface area contributed by atoms with E-state index in [-0.39, 0.29) is 0 Å². The lowest BCUT2D eigenvalue weighted by Gasteiger charge is -2.33. The molecule has 1 rings (SSSR count). The Morgan fingerprint density at radius 3 is 1.59 bits per heavy atom. The predicted octanol–water partition coefficient (Wildman–Crippen LogP) is 5.18. The monoisotopic (exact) mass is 310 g/mol. The van der Waals surface area contributed by atoms with E-state index in [1.807, 2.05) is 0 Å². The fourth-order valence-electron chi connectivity index (χ4n) is 3.38. The highest BCUT2D eigenvalue weighted by atomic mass is 15.3. The Hall–Kier alpha value is -0.0800. The van der Waals surface area contributed by atoms with Crippen molar-refractivity contribution in [3.05, 3.63) is 0 Å². The second-order valence-electron chi connectivity index (χ2n) is 8.41. The highest BCUT2D eigenvalue weighted by molar-refractivity contribution is 4.70. The van der Waals surface area contributed by atoms with Gasteiger partial charge in [-0.3, -0.25) is 0 Å². The zero-order chi connectivity index (χ0) is 16.3. The fraction of sp³-hybridized carbons (Fsp3) is 1.00. The molecule has 0 N–H and O–H groups in total. The molecule has 0 bridgehead atoms. The van der Waals surface area contributed by atoms with Gasteiger partial charge in [0.05, 0.1) is 0 Å². The molecule has 0 amide bonds. The van der Waals surface area contributed by atoms with E-state index < -0.39 is 0 Å². The summed E-state index contributed by atoms with van der Waals surface area (Å²) in [7, 11) is 0. The van der Waals surface area contributed by atoms with Crippen LogP contribution in [-0.2, 0) is 0 Å². The average Bonchev–Trinajstić information content (AvgIpc) is 2.48. The summed E-state index contributed by atoms with van der Waals surface area (Å²) in [5.41, 5.74) is 0.530. The van der Waals surface area contributed by atoms with Crippen LogP contribution < -0.4 is 0 Å². The Morgan fingerprint density at radius 1 is 0.636 bits per heavy atom. The summed E-state index contributed by atoms with van der Waals surface area (Å²) in [6.45, 7) is 17.1. The van der Waals surface area contributed by atoms with Crippen molar-refractivity contribution in [3.8, 4) is 0 Å². The number of unbranched alkanes of at least 4 members (excludes halogenated alkanes) is 7. The van der Waals surface area contributed by atoms with Crippen molar-refractivity contribution >= 4 is 0 Å². The SMILES string of the molecule is CCN1CCN(CCCCCCCCCCC(C)(C)C)CC1. The highest BCUT2D eigenvalue weighted by Gasteiger charge is 2.14. The molecule has 0 aromatic heterocycles. The number of nitrogens with zero attached hydrogens (tertiary/aromatic N) is 2. The van der Waals surface area contributed by atoms with E-state index in [1.54, 1.807) is 0 Å². The molecule has 0 aromatic carbocycles. The first kappa shape index (κ1) is 20.0. The molecule has 0 aromatic rings. The van der Waals surface area contributed by atoms with Gasteiger partial charge in [-0.05, 0) is 31.3 Å². The van der Waals surface area contributed by atoms with E-state index in [9.17, 15) is 0 Å². The maximum atomic E-state index is 2.67. The summed E-state index contributed by atoms with van der Waals surface area (Å²) in [5.74, 6) is 0. The van der Waals surface area contributed by atoms with Gasteiger partial charge >= 0.3 is 0 Å². The fourth-order valence-corrected chi connectivity index (χ4v) is 3.38. The molecule has 0 unspecified atom stereocenters. The lowest BCUT2D eigenvalue weighted by molar-refractivity contribution is 0.135. The minimum atomic E-state index is 0.530. The van der Waals surface area contributed by atoms with Gasteiger partial charge in [-0.2, -0.15) is 0 Å². The molecule has 0 radical (unpaired) electrons. The van der Waals surface area contributed by atoms with Crippen molar-refractivity contribution in [2.75, 3.05) is 39.3 Å². The third-order valence-corrected chi connectivity index (χ3v) is 5.06. The molecular weight excluding hydrogens is 268 g/mol. The van der Waals surface area contributed by atoms with Crippen LogP contribution in [-0.4, -0.2) is 49.1 Å². The first-order valence-corrected chi connectivity index (χ1v) is 9.96. The normalized spacial score (nSPS) is 18.0. The van der Waals surface area contributed by atoms with Crippen LogP contribution in [0, 0.1) is 5.41 Å². The van der Waals surface area contributed by atoms with Crippen LogP contribution >= 0.6 is 0 Å². The highest BCUT2D eigenvalue weighted by Crippen LogP contribution is 2.22. The van der Waals surface area contributed by atoms with E-state index in [2.05, 4.69) is 37.5 Å². The summed E-state index contributed by atoms with van der Waals surface area (Å²) < 4.78 is 0. The molecule has 1 fully saturated rings. The molecule has 1 aliphatic rings. The summed E-state index contributed by atoms with van der Waals surface area (Å²) in [4.78, 5) is 5.23. The molecule has 0 saturated carbocycles. The second-order valence-corrected chi connectivity index (χ2v) is 8.41. The molecule has 1 aliphatic heterocycles. The summed E-state index contributed by atoms with van der Waals surface area (Å²) in [6.07, 6.45) is 12.9. The number of hydrogen-bond donors (Lipinski definition) is 0. The van der Waals surface area contributed by atoms with E-state index in [0.29, 0.717) is 5.41 Å². The molecule has 0 aliphatic carbocycles. The van der Waals surface area contributed by atoms with Crippen LogP contribution in [0.3, 0.4) is 0 Å². The standard InChI is InChI=1S/C20H42N2/c1-5-21-16-18-22(19-17-21)15-13-11-9-7-6-8-10-12-14-20(2,3)4/h5-19H2,1-4H3. The number of piperazine rings is 1. The molecule has 1 heterocycles. The van der Waals surface area contributed by atoms with E-state index in [4.69, 9.17) is 0 Å². The van der Waals surface area contributed by atoms with Crippen LogP contribution in [0.1, 0.15) is 85.5 Å². The quantitative estimate of drug-likeness (QED) is 0.485. The van der Waals surface area contributed by atoms with Gasteiger partial charge in [0.15, 0.2) is 0 Å². The molecule has 1 saturated heterocycles. The van der Waals surface area contributed by atoms with Gasteiger partial charge in [0, 0.05) is 26.2 Å². The molecular formula is C20H42N2. The minimum absolute atomic E-state index is 0.530. The van der Waals surface area contributed by atoms with E-state index >= 15 is 0 Å². The van der Waals surface area contributed by atoms with E-state index in [1.165, 1.54) is 97.1 Å². The zero-order valence-electron chi connectivity index (χ0n) is 16.0. The van der Waals surface area contributed by atoms with Gasteiger partial charge in [0.25, 0.3) is 0 Å². The van der Waals surface area contributed by atoms with Crippen molar-refractivity contribution in [3.63, 3.8) is 0 Å². The number of hydrogen-bond acceptors (Lipinski definition) is 2. The third-order valence-electron chi connectivity index (χ3n) is 5.06. The van der Waals surface area contributed by atoms with Gasteiger partial charge in [0.2, 0.25) is 0 Å². The van der Waals surface area contributed by atoms with E-state index in [0.717, 1.165) is 0 Å². The summed E-state index contributed by atoms with van der Waals surface area (Å²) in [6, 6.07) is 0. The first-order valence-electron chi connectivity index (χ1n) is 9.96. The van der Waals surface area contributed by atoms with Crippen molar-refractivity contribution in [2.45, 2.75) is 85.5 Å². The number of rotatable bonds is 11. The average molecular weight is 311 g/mol. The first-order chi connectivity index (χ1) is 10.5. The Balaban J connectivity index is 1.80. The van der Waals surface area contributed by atoms with Gasteiger partial charge < -0.3 is 9.80 Å². The molecule has 22 heavy (non-hydrogen) atoms. The van der Waals surface area contributed by atoms with Crippen molar-refractivity contribution in [1.29, 1.82) is 0 Å². The van der Waals surface area contributed by atoms with Crippen LogP contribution in [0.15, 0.2) is 0 Å². The molecule has 132 valence electrons. The molecule has 0 spiro atoms. The van der Waals surface area contributed by atoms with Crippen LogP contribution in [0.25, 0.3) is 0 Å². The van der Waals surface area contributed by atoms with Gasteiger partial charge in [-0.25, -0.2) is 0 Å². The topological polar surface area (TPSA) is 6.48 Å². The largest absolute Gasteiger partial charge is 0.301 e. The second kappa shape index (κ2) is 11.5. The van der Waals surface area contributed by atoms with Gasteiger partial charge in [-0.15, -0.1) is 0 Å². The third kappa shape index (κ3) is 10.6. The van der Waals surface area contributed by atoms with Gasteiger partial charge in [-0.1, -0.05) is 72.6 Å². The zero-order valence-corrected chi connectivity index (χ0v) is 16.0. The predicted molar refractivity (Wildman–Crippen MR) is 99.6 cm³/mol. The van der Waals surface area contributed by atoms with Gasteiger partial charge in [0.1, 0.15) is 0 Å². The maximum absolute atomic E-state index is 2.67. The summed E-state index contributed by atoms with van der Waals surface area (Å²) in [5, 5.41) is 0. The van der Waals surface area contributed by atoms with Crippen molar-refractivity contribution in [2.24, 2.45) is 5.41 Å². The number of likely N-dealkylation sites (N-methyl/N-ethyl adjacent to an activating group) is 1. The lowest BCUT2D eigenvalue weighted by Crippen LogP contribution is -2.46. The Morgan fingerprint density at radius 2 is 1.09 bits per heavy atom. The lowest BCUT2D eigenvalue weighted by atomic mass is 9.89. The smallest absolute Gasteiger partial charge is 0.0110 e. The summed E-state index contributed by atoms with van der Waals surface area (Å²) >= 11 is 0. The Labute approximate surface area is 140 Å². The Kier molecular flexibility index (Phi) is 10.4. The minimum Gasteiger partial charge on any atom is -0.301 e. The Bertz CT molecular complexity index is 249. The molecule has 2 heteroatoms.